The third kappa shape index (κ3) is 4.67. The minimum Gasteiger partial charge on any atom is -0.491 e. The average molecular weight is 272 g/mol. The van der Waals surface area contributed by atoms with Crippen LogP contribution in [0.3, 0.4) is 0 Å². The highest BCUT2D eigenvalue weighted by Crippen LogP contribution is 2.18. The van der Waals surface area contributed by atoms with Crippen molar-refractivity contribution in [2.75, 3.05) is 6.61 Å². The monoisotopic (exact) mass is 272 g/mol. The van der Waals surface area contributed by atoms with Crippen molar-refractivity contribution in [3.05, 3.63) is 54.6 Å². The molecule has 0 saturated heterocycles. The molecule has 106 valence electrons. The Hall–Kier alpha value is -1.87. The molecule has 1 aliphatic rings. The second-order valence-corrected chi connectivity index (χ2v) is 5.42. The summed E-state index contributed by atoms with van der Waals surface area (Å²) in [6.07, 6.45) is 8.44. The first-order chi connectivity index (χ1) is 9.55. The highest BCUT2D eigenvalue weighted by molar-refractivity contribution is 5.92. The fraction of sp³-hybridized carbons (Fsp3) is 0.353. The molecule has 2 unspecified atom stereocenters. The number of para-hydroxylation sites is 1. The first-order valence-corrected chi connectivity index (χ1v) is 6.83. The summed E-state index contributed by atoms with van der Waals surface area (Å²) < 4.78 is 5.56. The molecule has 0 radical (unpaired) electrons. The largest absolute Gasteiger partial charge is 0.491 e. The van der Waals surface area contributed by atoms with Crippen molar-refractivity contribution in [2.45, 2.75) is 25.4 Å². The van der Waals surface area contributed by atoms with Crippen molar-refractivity contribution >= 4 is 5.78 Å². The van der Waals surface area contributed by atoms with Crippen LogP contribution in [0.15, 0.2) is 54.6 Å². The lowest BCUT2D eigenvalue weighted by molar-refractivity contribution is -0.114. The summed E-state index contributed by atoms with van der Waals surface area (Å²) in [5, 5.41) is 10.2. The molecule has 1 aromatic carbocycles. The number of hydrogen-bond donors (Lipinski definition) is 1. The smallest absolute Gasteiger partial charge is 0.156 e. The summed E-state index contributed by atoms with van der Waals surface area (Å²) in [7, 11) is 0. The molecule has 0 bridgehead atoms. The fourth-order valence-electron chi connectivity index (χ4n) is 2.04. The average Bonchev–Trinajstić information content (AvgIpc) is 2.83. The van der Waals surface area contributed by atoms with E-state index in [4.69, 9.17) is 4.74 Å². The van der Waals surface area contributed by atoms with Gasteiger partial charge in [-0.15, -0.1) is 0 Å². The zero-order valence-corrected chi connectivity index (χ0v) is 11.7. The molecule has 1 N–H and O–H groups in total. The molecule has 0 heterocycles. The third-order valence-electron chi connectivity index (χ3n) is 3.20. The van der Waals surface area contributed by atoms with Gasteiger partial charge < -0.3 is 9.84 Å². The van der Waals surface area contributed by atoms with Crippen molar-refractivity contribution in [3.63, 3.8) is 0 Å². The SMILES string of the molecule is CC(O)(C/C=C/C1C=CC(=O)C1)COc1ccccc1. The highest BCUT2D eigenvalue weighted by atomic mass is 16.5. The zero-order chi connectivity index (χ0) is 14.4. The lowest BCUT2D eigenvalue weighted by Gasteiger charge is -2.22. The zero-order valence-electron chi connectivity index (χ0n) is 11.7. The van der Waals surface area contributed by atoms with Gasteiger partial charge in [0.1, 0.15) is 12.4 Å². The summed E-state index contributed by atoms with van der Waals surface area (Å²) in [5.41, 5.74) is -0.918. The number of ketones is 1. The minimum absolute atomic E-state index is 0.166. The van der Waals surface area contributed by atoms with Crippen molar-refractivity contribution in [3.8, 4) is 5.75 Å². The Kier molecular flexibility index (Phi) is 4.74. The first kappa shape index (κ1) is 14.5. The minimum atomic E-state index is -0.918. The van der Waals surface area contributed by atoms with Crippen molar-refractivity contribution in [1.29, 1.82) is 0 Å². The molecule has 1 aliphatic carbocycles. The molecular weight excluding hydrogens is 252 g/mol. The number of benzene rings is 1. The number of carbonyl (C=O) groups is 1. The van der Waals surface area contributed by atoms with Crippen LogP contribution in [0.5, 0.6) is 5.75 Å². The molecule has 0 saturated carbocycles. The number of aliphatic hydroxyl groups is 1. The maximum Gasteiger partial charge on any atom is 0.156 e. The Morgan fingerprint density at radius 1 is 1.40 bits per heavy atom. The highest BCUT2D eigenvalue weighted by Gasteiger charge is 2.20. The lowest BCUT2D eigenvalue weighted by atomic mass is 10.0. The lowest BCUT2D eigenvalue weighted by Crippen LogP contribution is -2.31. The van der Waals surface area contributed by atoms with Gasteiger partial charge in [0, 0.05) is 12.3 Å². The Balaban J connectivity index is 1.77. The van der Waals surface area contributed by atoms with Gasteiger partial charge in [-0.2, -0.15) is 0 Å². The van der Waals surface area contributed by atoms with Crippen molar-refractivity contribution in [1.82, 2.24) is 0 Å². The summed E-state index contributed by atoms with van der Waals surface area (Å²) in [5.74, 6) is 1.09. The normalized spacial score (nSPS) is 21.3. The Morgan fingerprint density at radius 3 is 2.80 bits per heavy atom. The standard InChI is InChI=1S/C17H20O3/c1-17(19,13-20-16-7-3-2-4-8-16)11-5-6-14-9-10-15(18)12-14/h2-10,14,19H,11-13H2,1H3/b6-5+. The van der Waals surface area contributed by atoms with Crippen LogP contribution in [-0.4, -0.2) is 23.1 Å². The van der Waals surface area contributed by atoms with Crippen LogP contribution in [0, 0.1) is 5.92 Å². The van der Waals surface area contributed by atoms with Crippen LogP contribution in [0.2, 0.25) is 0 Å². The van der Waals surface area contributed by atoms with E-state index in [1.807, 2.05) is 48.6 Å². The molecule has 0 fully saturated rings. The molecule has 0 amide bonds. The Morgan fingerprint density at radius 2 is 2.15 bits per heavy atom. The molecule has 2 atom stereocenters. The summed E-state index contributed by atoms with van der Waals surface area (Å²) >= 11 is 0. The second-order valence-electron chi connectivity index (χ2n) is 5.42. The van der Waals surface area contributed by atoms with Gasteiger partial charge in [0.15, 0.2) is 5.78 Å². The van der Waals surface area contributed by atoms with Crippen molar-refractivity contribution in [2.24, 2.45) is 5.92 Å². The summed E-state index contributed by atoms with van der Waals surface area (Å²) in [6, 6.07) is 9.44. The topological polar surface area (TPSA) is 46.5 Å². The quantitative estimate of drug-likeness (QED) is 0.810. The second kappa shape index (κ2) is 6.53. The van der Waals surface area contributed by atoms with Crippen molar-refractivity contribution < 1.29 is 14.6 Å². The predicted molar refractivity (Wildman–Crippen MR) is 78.6 cm³/mol. The van der Waals surface area contributed by atoms with E-state index in [0.29, 0.717) is 12.8 Å². The van der Waals surface area contributed by atoms with E-state index in [9.17, 15) is 9.90 Å². The first-order valence-electron chi connectivity index (χ1n) is 6.83. The molecule has 2 rings (SSSR count). The van der Waals surface area contributed by atoms with E-state index < -0.39 is 5.60 Å². The van der Waals surface area contributed by atoms with E-state index in [-0.39, 0.29) is 18.3 Å². The molecule has 0 aliphatic heterocycles. The van der Waals surface area contributed by atoms with E-state index >= 15 is 0 Å². The van der Waals surface area contributed by atoms with Crippen LogP contribution in [-0.2, 0) is 4.79 Å². The van der Waals surface area contributed by atoms with Gasteiger partial charge in [-0.3, -0.25) is 4.79 Å². The van der Waals surface area contributed by atoms with Gasteiger partial charge in [0.05, 0.1) is 5.60 Å². The van der Waals surface area contributed by atoms with Crippen LogP contribution in [0.1, 0.15) is 19.8 Å². The maximum absolute atomic E-state index is 11.1. The van der Waals surface area contributed by atoms with Crippen LogP contribution < -0.4 is 4.74 Å². The number of ether oxygens (including phenoxy) is 1. The van der Waals surface area contributed by atoms with E-state index in [1.54, 1.807) is 13.0 Å². The van der Waals surface area contributed by atoms with Crippen LogP contribution in [0.4, 0.5) is 0 Å². The van der Waals surface area contributed by atoms with Gasteiger partial charge in [0.25, 0.3) is 0 Å². The third-order valence-corrected chi connectivity index (χ3v) is 3.20. The number of rotatable bonds is 6. The molecule has 0 aromatic heterocycles. The number of hydrogen-bond acceptors (Lipinski definition) is 3. The van der Waals surface area contributed by atoms with Gasteiger partial charge in [-0.1, -0.05) is 36.4 Å². The van der Waals surface area contributed by atoms with Gasteiger partial charge >= 0.3 is 0 Å². The molecule has 3 nitrogen and oxygen atoms in total. The van der Waals surface area contributed by atoms with Crippen LogP contribution in [0.25, 0.3) is 0 Å². The predicted octanol–water partition coefficient (Wildman–Crippen LogP) is 2.91. The number of carbonyl (C=O) groups excluding carboxylic acids is 1. The van der Waals surface area contributed by atoms with E-state index in [1.165, 1.54) is 0 Å². The summed E-state index contributed by atoms with van der Waals surface area (Å²) in [4.78, 5) is 11.1. The van der Waals surface area contributed by atoms with Gasteiger partial charge in [0.2, 0.25) is 0 Å². The summed E-state index contributed by atoms with van der Waals surface area (Å²) in [6.45, 7) is 1.98. The number of allylic oxidation sites excluding steroid dienone is 3. The molecule has 3 heteroatoms. The molecule has 0 spiro atoms. The fourth-order valence-corrected chi connectivity index (χ4v) is 2.04. The Bertz CT molecular complexity index is 500. The van der Waals surface area contributed by atoms with E-state index in [2.05, 4.69) is 0 Å². The van der Waals surface area contributed by atoms with Gasteiger partial charge in [-0.25, -0.2) is 0 Å². The molecule has 20 heavy (non-hydrogen) atoms. The maximum atomic E-state index is 11.1. The molecule has 1 aromatic rings. The van der Waals surface area contributed by atoms with Gasteiger partial charge in [-0.05, 0) is 31.6 Å². The van der Waals surface area contributed by atoms with Crippen LogP contribution >= 0.6 is 0 Å². The van der Waals surface area contributed by atoms with E-state index in [0.717, 1.165) is 5.75 Å². The Labute approximate surface area is 119 Å². The molecular formula is C17H20O3.